The summed E-state index contributed by atoms with van der Waals surface area (Å²) in [6.07, 6.45) is 3.71. The van der Waals surface area contributed by atoms with Crippen molar-refractivity contribution in [1.29, 1.82) is 5.26 Å². The standard InChI is InChI=1S/C28H22Cl2N2O4/c1-2-13-34-20-8-4-18(5-9-20)27-22-11-10-21(15-25(22)36-28(32)23(27)16-31)35-26(33)12-6-17-3-7-19(29)14-24(17)30/h3-12,14-15,27H,2,13,32H2,1H3/b12-6+. The van der Waals surface area contributed by atoms with E-state index in [0.717, 1.165) is 23.3 Å². The lowest BCUT2D eigenvalue weighted by Crippen LogP contribution is -2.21. The van der Waals surface area contributed by atoms with Crippen LogP contribution in [0.15, 0.2) is 78.2 Å². The highest BCUT2D eigenvalue weighted by molar-refractivity contribution is 6.35. The average Bonchev–Trinajstić information content (AvgIpc) is 2.86. The molecule has 0 bridgehead atoms. The van der Waals surface area contributed by atoms with Crippen molar-refractivity contribution in [3.8, 4) is 23.3 Å². The molecule has 2 N–H and O–H groups in total. The molecule has 1 heterocycles. The second kappa shape index (κ2) is 11.2. The molecule has 4 rings (SSSR count). The Bertz CT molecular complexity index is 1390. The molecule has 0 fully saturated rings. The third kappa shape index (κ3) is 5.65. The number of halogens is 2. The van der Waals surface area contributed by atoms with Gasteiger partial charge < -0.3 is 19.9 Å². The summed E-state index contributed by atoms with van der Waals surface area (Å²) < 4.78 is 16.8. The van der Waals surface area contributed by atoms with Crippen molar-refractivity contribution in [1.82, 2.24) is 0 Å². The largest absolute Gasteiger partial charge is 0.494 e. The van der Waals surface area contributed by atoms with Crippen LogP contribution >= 0.6 is 23.2 Å². The molecular weight excluding hydrogens is 499 g/mol. The lowest BCUT2D eigenvalue weighted by molar-refractivity contribution is -0.128. The Morgan fingerprint density at radius 1 is 1.11 bits per heavy atom. The highest BCUT2D eigenvalue weighted by Gasteiger charge is 2.31. The lowest BCUT2D eigenvalue weighted by atomic mass is 9.83. The predicted molar refractivity (Wildman–Crippen MR) is 139 cm³/mol. The molecule has 0 aromatic heterocycles. The summed E-state index contributed by atoms with van der Waals surface area (Å²) >= 11 is 12.0. The Morgan fingerprint density at radius 3 is 2.56 bits per heavy atom. The van der Waals surface area contributed by atoms with Crippen LogP contribution in [0.1, 0.15) is 36.0 Å². The lowest BCUT2D eigenvalue weighted by Gasteiger charge is -2.26. The molecule has 0 saturated heterocycles. The molecule has 6 nitrogen and oxygen atoms in total. The molecule has 36 heavy (non-hydrogen) atoms. The van der Waals surface area contributed by atoms with E-state index in [2.05, 4.69) is 6.07 Å². The van der Waals surface area contributed by atoms with Crippen LogP contribution in [0.5, 0.6) is 17.2 Å². The molecular formula is C28H22Cl2N2O4. The van der Waals surface area contributed by atoms with Gasteiger partial charge in [-0.05, 0) is 54.0 Å². The fraction of sp³-hybridized carbons (Fsp3) is 0.143. The molecule has 8 heteroatoms. The van der Waals surface area contributed by atoms with E-state index in [9.17, 15) is 10.1 Å². The fourth-order valence-electron chi connectivity index (χ4n) is 3.76. The van der Waals surface area contributed by atoms with Crippen LogP contribution in [-0.4, -0.2) is 12.6 Å². The van der Waals surface area contributed by atoms with Crippen LogP contribution in [0.3, 0.4) is 0 Å². The van der Waals surface area contributed by atoms with Crippen LogP contribution in [-0.2, 0) is 4.79 Å². The van der Waals surface area contributed by atoms with Crippen LogP contribution in [0.2, 0.25) is 10.0 Å². The maximum Gasteiger partial charge on any atom is 0.336 e. The van der Waals surface area contributed by atoms with Gasteiger partial charge >= 0.3 is 5.97 Å². The minimum absolute atomic E-state index is 0.00191. The van der Waals surface area contributed by atoms with Gasteiger partial charge in [0.15, 0.2) is 0 Å². The van der Waals surface area contributed by atoms with Gasteiger partial charge in [-0.1, -0.05) is 54.4 Å². The summed E-state index contributed by atoms with van der Waals surface area (Å²) in [4.78, 5) is 12.4. The highest BCUT2D eigenvalue weighted by atomic mass is 35.5. The number of fused-ring (bicyclic) bond motifs is 1. The number of ether oxygens (including phenoxy) is 3. The zero-order valence-corrected chi connectivity index (χ0v) is 20.8. The molecule has 3 aromatic carbocycles. The van der Waals surface area contributed by atoms with Crippen LogP contribution in [0.25, 0.3) is 6.08 Å². The monoisotopic (exact) mass is 520 g/mol. The Morgan fingerprint density at radius 2 is 1.86 bits per heavy atom. The summed E-state index contributed by atoms with van der Waals surface area (Å²) in [7, 11) is 0. The molecule has 1 atom stereocenters. The first-order valence-electron chi connectivity index (χ1n) is 11.2. The van der Waals surface area contributed by atoms with Gasteiger partial charge in [0.05, 0.1) is 12.5 Å². The summed E-state index contributed by atoms with van der Waals surface area (Å²) in [5, 5.41) is 10.7. The SMILES string of the molecule is CCCOc1ccc(C2C(C#N)=C(N)Oc3cc(OC(=O)/C=C/c4ccc(Cl)cc4Cl)ccc32)cc1. The Kier molecular flexibility index (Phi) is 7.84. The summed E-state index contributed by atoms with van der Waals surface area (Å²) in [5.74, 6) is 0.382. The topological polar surface area (TPSA) is 94.6 Å². The molecule has 0 amide bonds. The first kappa shape index (κ1) is 25.2. The number of nitrogens with zero attached hydrogens (tertiary/aromatic N) is 1. The highest BCUT2D eigenvalue weighted by Crippen LogP contribution is 2.43. The summed E-state index contributed by atoms with van der Waals surface area (Å²) in [5.41, 5.74) is 8.60. The van der Waals surface area contributed by atoms with Crippen LogP contribution in [0.4, 0.5) is 0 Å². The Hall–Kier alpha value is -3.92. The number of esters is 1. The number of benzene rings is 3. The summed E-state index contributed by atoms with van der Waals surface area (Å²) in [6.45, 7) is 2.66. The van der Waals surface area contributed by atoms with Gasteiger partial charge in [-0.25, -0.2) is 4.79 Å². The van der Waals surface area contributed by atoms with Gasteiger partial charge in [-0.15, -0.1) is 0 Å². The molecule has 0 radical (unpaired) electrons. The maximum absolute atomic E-state index is 12.4. The number of rotatable bonds is 7. The zero-order valence-electron chi connectivity index (χ0n) is 19.3. The third-order valence-corrected chi connectivity index (χ3v) is 6.02. The number of carbonyl (C=O) groups is 1. The minimum atomic E-state index is -0.600. The number of nitriles is 1. The van der Waals surface area contributed by atoms with Crippen molar-refractivity contribution in [3.05, 3.63) is 105 Å². The number of carbonyl (C=O) groups excluding carboxylic acids is 1. The van der Waals surface area contributed by atoms with E-state index in [4.69, 9.17) is 43.1 Å². The molecule has 3 aromatic rings. The van der Waals surface area contributed by atoms with E-state index in [0.29, 0.717) is 33.5 Å². The van der Waals surface area contributed by atoms with E-state index in [-0.39, 0.29) is 11.6 Å². The molecule has 182 valence electrons. The van der Waals surface area contributed by atoms with E-state index < -0.39 is 11.9 Å². The molecule has 0 saturated carbocycles. The minimum Gasteiger partial charge on any atom is -0.494 e. The van der Waals surface area contributed by atoms with Crippen molar-refractivity contribution in [2.24, 2.45) is 5.73 Å². The molecule has 0 spiro atoms. The number of nitrogens with two attached hydrogens (primary N) is 1. The predicted octanol–water partition coefficient (Wildman–Crippen LogP) is 6.62. The van der Waals surface area contributed by atoms with Crippen molar-refractivity contribution >= 4 is 35.2 Å². The van der Waals surface area contributed by atoms with Gasteiger partial charge in [-0.2, -0.15) is 5.26 Å². The van der Waals surface area contributed by atoms with Gasteiger partial charge in [0.25, 0.3) is 0 Å². The molecule has 1 unspecified atom stereocenters. The van der Waals surface area contributed by atoms with Crippen LogP contribution in [0, 0.1) is 11.3 Å². The van der Waals surface area contributed by atoms with E-state index in [1.807, 2.05) is 31.2 Å². The first-order chi connectivity index (χ1) is 17.4. The van der Waals surface area contributed by atoms with Crippen molar-refractivity contribution in [3.63, 3.8) is 0 Å². The third-order valence-electron chi connectivity index (χ3n) is 5.46. The van der Waals surface area contributed by atoms with E-state index in [1.165, 1.54) is 6.08 Å². The number of hydrogen-bond acceptors (Lipinski definition) is 6. The normalized spacial score (nSPS) is 14.7. The smallest absolute Gasteiger partial charge is 0.336 e. The fourth-order valence-corrected chi connectivity index (χ4v) is 4.23. The summed E-state index contributed by atoms with van der Waals surface area (Å²) in [6, 6.07) is 19.6. The van der Waals surface area contributed by atoms with Gasteiger partial charge in [0, 0.05) is 27.8 Å². The quantitative estimate of drug-likeness (QED) is 0.213. The van der Waals surface area contributed by atoms with Crippen molar-refractivity contribution in [2.75, 3.05) is 6.61 Å². The van der Waals surface area contributed by atoms with Gasteiger partial charge in [0.1, 0.15) is 28.9 Å². The second-order valence-electron chi connectivity index (χ2n) is 7.96. The van der Waals surface area contributed by atoms with Crippen LogP contribution < -0.4 is 19.9 Å². The number of hydrogen-bond donors (Lipinski definition) is 1. The number of allylic oxidation sites excluding steroid dienone is 1. The molecule has 0 aliphatic carbocycles. The van der Waals surface area contributed by atoms with Crippen molar-refractivity contribution in [2.45, 2.75) is 19.3 Å². The second-order valence-corrected chi connectivity index (χ2v) is 8.81. The molecule has 1 aliphatic heterocycles. The Labute approximate surface area is 219 Å². The van der Waals surface area contributed by atoms with E-state index >= 15 is 0 Å². The van der Waals surface area contributed by atoms with Crippen molar-refractivity contribution < 1.29 is 19.0 Å². The zero-order chi connectivity index (χ0) is 25.7. The molecule has 1 aliphatic rings. The maximum atomic E-state index is 12.4. The Balaban J connectivity index is 1.56. The van der Waals surface area contributed by atoms with Gasteiger partial charge in [-0.3, -0.25) is 0 Å². The average molecular weight is 521 g/mol. The first-order valence-corrected chi connectivity index (χ1v) is 11.9. The van der Waals surface area contributed by atoms with Gasteiger partial charge in [0.2, 0.25) is 5.88 Å². The van der Waals surface area contributed by atoms with E-state index in [1.54, 1.807) is 42.5 Å².